The first-order valence-corrected chi connectivity index (χ1v) is 5.88. The number of benzene rings is 1. The highest BCUT2D eigenvalue weighted by Crippen LogP contribution is 2.34. The summed E-state index contributed by atoms with van der Waals surface area (Å²) in [7, 11) is 3.91. The van der Waals surface area contributed by atoms with E-state index in [4.69, 9.17) is 0 Å². The second kappa shape index (κ2) is 4.91. The Balaban J connectivity index is 2.41. The van der Waals surface area contributed by atoms with Crippen LogP contribution < -0.4 is 0 Å². The van der Waals surface area contributed by atoms with Crippen LogP contribution in [-0.2, 0) is 0 Å². The first-order chi connectivity index (χ1) is 8.50. The van der Waals surface area contributed by atoms with Gasteiger partial charge in [-0.05, 0) is 26.6 Å². The number of phenols is 1. The number of hydrogen-bond donors (Lipinski definition) is 1. The lowest BCUT2D eigenvalue weighted by Crippen LogP contribution is -2.43. The molecule has 0 unspecified atom stereocenters. The zero-order valence-electron chi connectivity index (χ0n) is 10.5. The van der Waals surface area contributed by atoms with E-state index >= 15 is 0 Å². The number of aromatic hydroxyl groups is 1. The Labute approximate surface area is 106 Å². The number of non-ortho nitro benzene ring substituents is 1. The summed E-state index contributed by atoms with van der Waals surface area (Å²) in [5.41, 5.74) is 0.601. The lowest BCUT2D eigenvalue weighted by atomic mass is 10.1. The molecule has 1 aromatic rings. The highest BCUT2D eigenvalue weighted by atomic mass is 16.6. The monoisotopic (exact) mass is 251 g/mol. The summed E-state index contributed by atoms with van der Waals surface area (Å²) in [6.07, 6.45) is 0.942. The van der Waals surface area contributed by atoms with Crippen molar-refractivity contribution in [2.75, 3.05) is 27.2 Å². The Morgan fingerprint density at radius 1 is 1.33 bits per heavy atom. The van der Waals surface area contributed by atoms with Crippen molar-refractivity contribution in [2.45, 2.75) is 12.6 Å². The molecule has 0 aromatic heterocycles. The molecule has 0 spiro atoms. The van der Waals surface area contributed by atoms with E-state index in [1.54, 1.807) is 0 Å². The van der Waals surface area contributed by atoms with Crippen molar-refractivity contribution in [3.63, 3.8) is 0 Å². The van der Waals surface area contributed by atoms with Crippen LogP contribution in [0.15, 0.2) is 18.2 Å². The molecule has 0 atom stereocenters. The predicted molar refractivity (Wildman–Crippen MR) is 67.4 cm³/mol. The topological polar surface area (TPSA) is 69.9 Å². The molecule has 1 fully saturated rings. The van der Waals surface area contributed by atoms with Crippen LogP contribution in [0.4, 0.5) is 5.69 Å². The standard InChI is InChI=1S/C12H17N3O3/c1-13-6-3-7-14(2)12(13)10-8-9(15(17)18)4-5-11(10)16/h4-5,8,12,16H,3,6-7H2,1-2H3. The van der Waals surface area contributed by atoms with Gasteiger partial charge in [-0.3, -0.25) is 19.9 Å². The van der Waals surface area contributed by atoms with Crippen LogP contribution in [0, 0.1) is 10.1 Å². The molecule has 98 valence electrons. The fraction of sp³-hybridized carbons (Fsp3) is 0.500. The van der Waals surface area contributed by atoms with Crippen LogP contribution in [0.3, 0.4) is 0 Å². The third-order valence-electron chi connectivity index (χ3n) is 3.36. The van der Waals surface area contributed by atoms with E-state index < -0.39 is 4.92 Å². The molecule has 0 saturated carbocycles. The summed E-state index contributed by atoms with van der Waals surface area (Å²) in [6, 6.07) is 4.17. The maximum absolute atomic E-state index is 10.8. The van der Waals surface area contributed by atoms with E-state index in [2.05, 4.69) is 9.80 Å². The molecular weight excluding hydrogens is 234 g/mol. The van der Waals surface area contributed by atoms with Gasteiger partial charge in [-0.2, -0.15) is 0 Å². The Bertz CT molecular complexity index is 454. The van der Waals surface area contributed by atoms with Gasteiger partial charge in [0, 0.05) is 30.8 Å². The summed E-state index contributed by atoms with van der Waals surface area (Å²) < 4.78 is 0. The number of nitrogens with zero attached hydrogens (tertiary/aromatic N) is 3. The lowest BCUT2D eigenvalue weighted by Gasteiger charge is -2.40. The van der Waals surface area contributed by atoms with E-state index in [-0.39, 0.29) is 17.6 Å². The summed E-state index contributed by atoms with van der Waals surface area (Å²) in [4.78, 5) is 14.5. The van der Waals surface area contributed by atoms with Gasteiger partial charge in [0.2, 0.25) is 0 Å². The molecule has 1 saturated heterocycles. The smallest absolute Gasteiger partial charge is 0.270 e. The molecular formula is C12H17N3O3. The SMILES string of the molecule is CN1CCCN(C)C1c1cc([N+](=O)[O-])ccc1O. The van der Waals surface area contributed by atoms with Gasteiger partial charge in [0.15, 0.2) is 0 Å². The Morgan fingerprint density at radius 2 is 1.94 bits per heavy atom. The molecule has 6 nitrogen and oxygen atoms in total. The molecule has 2 rings (SSSR count). The molecule has 1 N–H and O–H groups in total. The van der Waals surface area contributed by atoms with E-state index in [9.17, 15) is 15.2 Å². The molecule has 0 radical (unpaired) electrons. The summed E-state index contributed by atoms with van der Waals surface area (Å²) in [6.45, 7) is 1.83. The summed E-state index contributed by atoms with van der Waals surface area (Å²) >= 11 is 0. The van der Waals surface area contributed by atoms with Crippen molar-refractivity contribution in [3.8, 4) is 5.75 Å². The van der Waals surface area contributed by atoms with E-state index in [1.807, 2.05) is 14.1 Å². The minimum atomic E-state index is -0.439. The summed E-state index contributed by atoms with van der Waals surface area (Å²) in [5.74, 6) is 0.103. The molecule has 0 amide bonds. The van der Waals surface area contributed by atoms with Gasteiger partial charge >= 0.3 is 0 Å². The van der Waals surface area contributed by atoms with Crippen molar-refractivity contribution >= 4 is 5.69 Å². The third kappa shape index (κ3) is 2.30. The molecule has 0 bridgehead atoms. The van der Waals surface area contributed by atoms with Gasteiger partial charge in [-0.15, -0.1) is 0 Å². The predicted octanol–water partition coefficient (Wildman–Crippen LogP) is 1.57. The van der Waals surface area contributed by atoms with Gasteiger partial charge in [0.25, 0.3) is 5.69 Å². The molecule has 1 heterocycles. The lowest BCUT2D eigenvalue weighted by molar-refractivity contribution is -0.385. The fourth-order valence-electron chi connectivity index (χ4n) is 2.49. The van der Waals surface area contributed by atoms with Crippen LogP contribution in [-0.4, -0.2) is 47.0 Å². The van der Waals surface area contributed by atoms with Crippen LogP contribution in [0.2, 0.25) is 0 Å². The van der Waals surface area contributed by atoms with Crippen molar-refractivity contribution in [2.24, 2.45) is 0 Å². The first kappa shape index (κ1) is 12.8. The molecule has 1 aliphatic heterocycles. The summed E-state index contributed by atoms with van der Waals surface area (Å²) in [5, 5.41) is 20.7. The van der Waals surface area contributed by atoms with E-state index in [1.165, 1.54) is 18.2 Å². The molecule has 1 aromatic carbocycles. The quantitative estimate of drug-likeness (QED) is 0.638. The highest BCUT2D eigenvalue weighted by Gasteiger charge is 2.28. The minimum absolute atomic E-state index is 0.00942. The second-order valence-electron chi connectivity index (χ2n) is 4.69. The van der Waals surface area contributed by atoms with E-state index in [0.717, 1.165) is 19.5 Å². The molecule has 1 aliphatic rings. The van der Waals surface area contributed by atoms with Gasteiger partial charge in [-0.1, -0.05) is 0 Å². The van der Waals surface area contributed by atoms with Crippen molar-refractivity contribution in [1.29, 1.82) is 0 Å². The number of hydrogen-bond acceptors (Lipinski definition) is 5. The Morgan fingerprint density at radius 3 is 2.50 bits per heavy atom. The third-order valence-corrected chi connectivity index (χ3v) is 3.36. The molecule has 6 heteroatoms. The first-order valence-electron chi connectivity index (χ1n) is 5.88. The Kier molecular flexibility index (Phi) is 3.49. The zero-order valence-corrected chi connectivity index (χ0v) is 10.5. The van der Waals surface area contributed by atoms with Gasteiger partial charge in [0.05, 0.1) is 11.1 Å². The van der Waals surface area contributed by atoms with Gasteiger partial charge in [0.1, 0.15) is 5.75 Å². The normalized spacial score (nSPS) is 19.0. The number of nitro groups is 1. The van der Waals surface area contributed by atoms with Crippen LogP contribution >= 0.6 is 0 Å². The molecule has 18 heavy (non-hydrogen) atoms. The fourth-order valence-corrected chi connectivity index (χ4v) is 2.49. The van der Waals surface area contributed by atoms with E-state index in [0.29, 0.717) is 5.56 Å². The van der Waals surface area contributed by atoms with Gasteiger partial charge < -0.3 is 5.11 Å². The number of phenolic OH excluding ortho intramolecular Hbond substituents is 1. The van der Waals surface area contributed by atoms with Crippen molar-refractivity contribution in [3.05, 3.63) is 33.9 Å². The maximum Gasteiger partial charge on any atom is 0.270 e. The minimum Gasteiger partial charge on any atom is -0.508 e. The average molecular weight is 251 g/mol. The second-order valence-corrected chi connectivity index (χ2v) is 4.69. The van der Waals surface area contributed by atoms with Crippen LogP contribution in [0.5, 0.6) is 5.75 Å². The van der Waals surface area contributed by atoms with Crippen LogP contribution in [0.1, 0.15) is 18.2 Å². The number of rotatable bonds is 2. The average Bonchev–Trinajstić information content (AvgIpc) is 2.30. The van der Waals surface area contributed by atoms with Gasteiger partial charge in [-0.25, -0.2) is 0 Å². The maximum atomic E-state index is 10.8. The Hall–Kier alpha value is -1.66. The van der Waals surface area contributed by atoms with Crippen molar-refractivity contribution < 1.29 is 10.0 Å². The molecule has 0 aliphatic carbocycles. The highest BCUT2D eigenvalue weighted by molar-refractivity contribution is 5.44. The van der Waals surface area contributed by atoms with Crippen molar-refractivity contribution in [1.82, 2.24) is 9.80 Å². The zero-order chi connectivity index (χ0) is 13.3. The number of nitro benzene ring substituents is 1. The van der Waals surface area contributed by atoms with Crippen LogP contribution in [0.25, 0.3) is 0 Å². The largest absolute Gasteiger partial charge is 0.508 e.